The molecule has 4 nitrogen and oxygen atoms in total. The molecule has 4 heteroatoms. The van der Waals surface area contributed by atoms with Crippen LogP contribution in [-0.4, -0.2) is 23.8 Å². The van der Waals surface area contributed by atoms with E-state index in [1.807, 2.05) is 0 Å². The third kappa shape index (κ3) is 11.3. The molecule has 0 spiro atoms. The third-order valence-corrected chi connectivity index (χ3v) is 1.99. The molecule has 1 aliphatic rings. The summed E-state index contributed by atoms with van der Waals surface area (Å²) in [5.41, 5.74) is 0. The third-order valence-electron chi connectivity index (χ3n) is 1.99. The Morgan fingerprint density at radius 2 is 1.36 bits per heavy atom. The number of carbonyl (C=O) groups excluding carboxylic acids is 2. The molecule has 0 saturated heterocycles. The van der Waals surface area contributed by atoms with E-state index >= 15 is 0 Å². The molecule has 1 aliphatic carbocycles. The van der Waals surface area contributed by atoms with E-state index in [0.717, 1.165) is 0 Å². The quantitative estimate of drug-likeness (QED) is 0.682. The summed E-state index contributed by atoms with van der Waals surface area (Å²) < 4.78 is 0. The van der Waals surface area contributed by atoms with Crippen LogP contribution in [0, 0.1) is 0 Å². The fourth-order valence-electron chi connectivity index (χ4n) is 1.21. The van der Waals surface area contributed by atoms with Crippen molar-refractivity contribution in [3.8, 4) is 0 Å². The number of carbonyl (C=O) groups is 2. The molecule has 1 fully saturated rings. The van der Waals surface area contributed by atoms with E-state index in [-0.39, 0.29) is 12.6 Å². The lowest BCUT2D eigenvalue weighted by Crippen LogP contribution is -2.07. The fraction of sp³-hybridized carbons (Fsp3) is 0.800. The molecule has 0 aromatic carbocycles. The lowest BCUT2D eigenvalue weighted by Gasteiger charge is -2.05. The Hall–Kier alpha value is -0.740. The van der Waals surface area contributed by atoms with E-state index < -0.39 is 6.10 Å². The first-order chi connectivity index (χ1) is 6.31. The Balaban J connectivity index is 0. The van der Waals surface area contributed by atoms with Crippen LogP contribution in [0.25, 0.3) is 0 Å². The highest BCUT2D eigenvalue weighted by Gasteiger charge is 1.96. The highest BCUT2D eigenvalue weighted by molar-refractivity contribution is 5.63. The summed E-state index contributed by atoms with van der Waals surface area (Å²) in [6.45, 7) is 0. The van der Waals surface area contributed by atoms with Gasteiger partial charge in [0.05, 0.1) is 0 Å². The van der Waals surface area contributed by atoms with Gasteiger partial charge in [0.25, 0.3) is 0 Å². The van der Waals surface area contributed by atoms with E-state index in [2.05, 4.69) is 0 Å². The molecule has 0 aromatic rings. The van der Waals surface area contributed by atoms with Crippen molar-refractivity contribution in [2.45, 2.75) is 51.0 Å². The van der Waals surface area contributed by atoms with Gasteiger partial charge in [0.2, 0.25) is 0 Å². The van der Waals surface area contributed by atoms with Crippen molar-refractivity contribution in [1.82, 2.24) is 6.15 Å². The minimum Gasteiger partial charge on any atom is -0.385 e. The van der Waals surface area contributed by atoms with Gasteiger partial charge >= 0.3 is 0 Å². The number of aliphatic hydroxyl groups excluding tert-OH is 1. The molecule has 1 saturated carbocycles. The van der Waals surface area contributed by atoms with Crippen molar-refractivity contribution < 1.29 is 14.7 Å². The zero-order valence-electron chi connectivity index (χ0n) is 8.65. The SMILES string of the molecule is C1CCCCC1.N.O=CCC(O)C=O. The zero-order valence-corrected chi connectivity index (χ0v) is 8.65. The molecular weight excluding hydrogens is 182 g/mol. The molecule has 84 valence electrons. The minimum atomic E-state index is -1.10. The van der Waals surface area contributed by atoms with Gasteiger partial charge in [0.15, 0.2) is 0 Å². The molecule has 0 aromatic heterocycles. The smallest absolute Gasteiger partial charge is 0.148 e. The molecule has 0 radical (unpaired) electrons. The summed E-state index contributed by atoms with van der Waals surface area (Å²) in [5, 5.41) is 8.26. The summed E-state index contributed by atoms with van der Waals surface area (Å²) in [5.74, 6) is 0. The van der Waals surface area contributed by atoms with Gasteiger partial charge in [-0.25, -0.2) is 0 Å². The van der Waals surface area contributed by atoms with Crippen LogP contribution in [0.2, 0.25) is 0 Å². The number of rotatable bonds is 3. The largest absolute Gasteiger partial charge is 0.385 e. The zero-order chi connectivity index (χ0) is 9.94. The molecule has 0 aliphatic heterocycles. The van der Waals surface area contributed by atoms with Crippen LogP contribution in [0.4, 0.5) is 0 Å². The summed E-state index contributed by atoms with van der Waals surface area (Å²) in [6.07, 6.45) is 8.63. The average molecular weight is 203 g/mol. The molecule has 4 N–H and O–H groups in total. The highest BCUT2D eigenvalue weighted by Crippen LogP contribution is 2.15. The topological polar surface area (TPSA) is 89.4 Å². The van der Waals surface area contributed by atoms with Crippen molar-refractivity contribution >= 4 is 12.6 Å². The Morgan fingerprint density at radius 3 is 1.50 bits per heavy atom. The van der Waals surface area contributed by atoms with Gasteiger partial charge < -0.3 is 20.8 Å². The summed E-state index contributed by atoms with van der Waals surface area (Å²) >= 11 is 0. The van der Waals surface area contributed by atoms with Gasteiger partial charge in [-0.3, -0.25) is 0 Å². The average Bonchev–Trinajstić information content (AvgIpc) is 2.22. The van der Waals surface area contributed by atoms with Crippen molar-refractivity contribution in [1.29, 1.82) is 0 Å². The molecule has 1 unspecified atom stereocenters. The molecule has 0 heterocycles. The van der Waals surface area contributed by atoms with Gasteiger partial charge in [-0.1, -0.05) is 38.5 Å². The maximum Gasteiger partial charge on any atom is 0.148 e. The second-order valence-electron chi connectivity index (χ2n) is 3.23. The number of hydrogen-bond donors (Lipinski definition) is 2. The van der Waals surface area contributed by atoms with Crippen LogP contribution in [-0.2, 0) is 9.59 Å². The van der Waals surface area contributed by atoms with E-state index in [4.69, 9.17) is 5.11 Å². The van der Waals surface area contributed by atoms with Gasteiger partial charge in [-0.2, -0.15) is 0 Å². The first kappa shape index (κ1) is 15.7. The Morgan fingerprint density at radius 1 is 1.00 bits per heavy atom. The predicted octanol–water partition coefficient (Wildman–Crippen LogP) is 1.64. The van der Waals surface area contributed by atoms with E-state index in [1.165, 1.54) is 38.5 Å². The van der Waals surface area contributed by atoms with Crippen LogP contribution < -0.4 is 6.15 Å². The van der Waals surface area contributed by atoms with Gasteiger partial charge in [-0.05, 0) is 0 Å². The van der Waals surface area contributed by atoms with Crippen molar-refractivity contribution in [3.63, 3.8) is 0 Å². The molecular formula is C10H21NO3. The minimum absolute atomic E-state index is 0. The number of aldehydes is 2. The lowest BCUT2D eigenvalue weighted by atomic mass is 10.0. The van der Waals surface area contributed by atoms with Crippen LogP contribution in [0.1, 0.15) is 44.9 Å². The highest BCUT2D eigenvalue weighted by atomic mass is 16.3. The van der Waals surface area contributed by atoms with Gasteiger partial charge in [-0.15, -0.1) is 0 Å². The molecule has 14 heavy (non-hydrogen) atoms. The maximum absolute atomic E-state index is 9.49. The number of aliphatic hydroxyl groups is 1. The van der Waals surface area contributed by atoms with Crippen molar-refractivity contribution in [2.24, 2.45) is 0 Å². The molecule has 0 amide bonds. The van der Waals surface area contributed by atoms with Crippen LogP contribution in [0.5, 0.6) is 0 Å². The first-order valence-electron chi connectivity index (χ1n) is 4.88. The lowest BCUT2D eigenvalue weighted by molar-refractivity contribution is -0.119. The van der Waals surface area contributed by atoms with E-state index in [0.29, 0.717) is 12.6 Å². The van der Waals surface area contributed by atoms with E-state index in [1.54, 1.807) is 0 Å². The van der Waals surface area contributed by atoms with Crippen molar-refractivity contribution in [2.75, 3.05) is 0 Å². The van der Waals surface area contributed by atoms with Crippen molar-refractivity contribution in [3.05, 3.63) is 0 Å². The van der Waals surface area contributed by atoms with Crippen LogP contribution >= 0.6 is 0 Å². The molecule has 1 rings (SSSR count). The summed E-state index contributed by atoms with van der Waals surface area (Å²) in [4.78, 5) is 18.9. The summed E-state index contributed by atoms with van der Waals surface area (Å²) in [7, 11) is 0. The molecule has 1 atom stereocenters. The fourth-order valence-corrected chi connectivity index (χ4v) is 1.21. The molecule has 0 bridgehead atoms. The second kappa shape index (κ2) is 12.3. The normalized spacial score (nSPS) is 16.6. The second-order valence-corrected chi connectivity index (χ2v) is 3.23. The number of hydrogen-bond acceptors (Lipinski definition) is 4. The Bertz CT molecular complexity index is 124. The van der Waals surface area contributed by atoms with E-state index in [9.17, 15) is 9.59 Å². The van der Waals surface area contributed by atoms with Crippen LogP contribution in [0.15, 0.2) is 0 Å². The first-order valence-corrected chi connectivity index (χ1v) is 4.88. The standard InChI is InChI=1S/C6H12.C4H6O3.H3N/c1-2-4-6-5-3-1;5-2-1-4(7)3-6;/h1-6H2;2-4,7H,1H2;1H3. The monoisotopic (exact) mass is 203 g/mol. The van der Waals surface area contributed by atoms with Gasteiger partial charge in [0, 0.05) is 6.42 Å². The van der Waals surface area contributed by atoms with Crippen LogP contribution in [0.3, 0.4) is 0 Å². The maximum atomic E-state index is 9.49. The predicted molar refractivity (Wildman–Crippen MR) is 55.5 cm³/mol. The summed E-state index contributed by atoms with van der Waals surface area (Å²) in [6, 6.07) is 0. The Kier molecular flexibility index (Phi) is 13.8. The van der Waals surface area contributed by atoms with Gasteiger partial charge in [0.1, 0.15) is 18.7 Å². The Labute approximate surface area is 85.3 Å².